The smallest absolute Gasteiger partial charge is 0.407 e. The van der Waals surface area contributed by atoms with Crippen molar-refractivity contribution in [3.63, 3.8) is 0 Å². The molecule has 1 aliphatic heterocycles. The molecule has 0 unspecified atom stereocenters. The van der Waals surface area contributed by atoms with Gasteiger partial charge in [-0.2, -0.15) is 0 Å². The summed E-state index contributed by atoms with van der Waals surface area (Å²) in [6.45, 7) is 2.53. The van der Waals surface area contributed by atoms with E-state index in [9.17, 15) is 4.79 Å². The summed E-state index contributed by atoms with van der Waals surface area (Å²) < 4.78 is 5.23. The Balaban J connectivity index is 2.09. The Morgan fingerprint density at radius 2 is 2.20 bits per heavy atom. The molecule has 1 rings (SSSR count). The summed E-state index contributed by atoms with van der Waals surface area (Å²) in [6, 6.07) is 0. The van der Waals surface area contributed by atoms with Crippen LogP contribution in [0.5, 0.6) is 0 Å². The standard InChI is InChI=1S/C10H20N2O3/c1-12-6-3-9(4-7-12)15-10(14)11-5-2-8-13/h9,13H,2-8H2,1H3,(H,11,14). The molecule has 0 saturated carbocycles. The van der Waals surface area contributed by atoms with Crippen LogP contribution in [0, 0.1) is 0 Å². The van der Waals surface area contributed by atoms with Crippen molar-refractivity contribution in [1.82, 2.24) is 10.2 Å². The topological polar surface area (TPSA) is 61.8 Å². The Bertz CT molecular complexity index is 191. The number of alkyl carbamates (subject to hydrolysis) is 1. The number of amides is 1. The Morgan fingerprint density at radius 1 is 1.53 bits per heavy atom. The lowest BCUT2D eigenvalue weighted by molar-refractivity contribution is 0.0570. The maximum atomic E-state index is 11.2. The predicted octanol–water partition coefficient (Wildman–Crippen LogP) is 0.189. The van der Waals surface area contributed by atoms with Crippen molar-refractivity contribution in [3.8, 4) is 0 Å². The zero-order chi connectivity index (χ0) is 11.1. The first-order valence-corrected chi connectivity index (χ1v) is 5.46. The maximum Gasteiger partial charge on any atom is 0.407 e. The number of ether oxygens (including phenoxy) is 1. The molecule has 0 aromatic heterocycles. The number of carbonyl (C=O) groups excluding carboxylic acids is 1. The zero-order valence-electron chi connectivity index (χ0n) is 9.24. The molecule has 0 aromatic carbocycles. The van der Waals surface area contributed by atoms with Gasteiger partial charge in [0.05, 0.1) is 0 Å². The minimum absolute atomic E-state index is 0.0512. The Labute approximate surface area is 90.4 Å². The molecule has 15 heavy (non-hydrogen) atoms. The van der Waals surface area contributed by atoms with E-state index in [2.05, 4.69) is 17.3 Å². The highest BCUT2D eigenvalue weighted by Crippen LogP contribution is 2.11. The van der Waals surface area contributed by atoms with E-state index in [1.54, 1.807) is 0 Å². The first-order chi connectivity index (χ1) is 7.22. The Morgan fingerprint density at radius 3 is 2.80 bits per heavy atom. The molecule has 1 saturated heterocycles. The number of aliphatic hydroxyl groups is 1. The first-order valence-electron chi connectivity index (χ1n) is 5.46. The predicted molar refractivity (Wildman–Crippen MR) is 56.7 cm³/mol. The van der Waals surface area contributed by atoms with Crippen molar-refractivity contribution in [3.05, 3.63) is 0 Å². The molecule has 0 bridgehead atoms. The summed E-state index contributed by atoms with van der Waals surface area (Å²) in [5.74, 6) is 0. The summed E-state index contributed by atoms with van der Waals surface area (Å²) in [7, 11) is 2.07. The van der Waals surface area contributed by atoms with Gasteiger partial charge in [0.25, 0.3) is 0 Å². The molecule has 1 fully saturated rings. The SMILES string of the molecule is CN1CCC(OC(=O)NCCCO)CC1. The number of rotatable bonds is 4. The molecule has 1 amide bonds. The second-order valence-corrected chi connectivity index (χ2v) is 3.91. The Hall–Kier alpha value is -0.810. The fraction of sp³-hybridized carbons (Fsp3) is 0.900. The molecule has 1 heterocycles. The van der Waals surface area contributed by atoms with E-state index in [1.165, 1.54) is 0 Å². The van der Waals surface area contributed by atoms with E-state index in [1.807, 2.05) is 0 Å². The number of hydrogen-bond donors (Lipinski definition) is 2. The van der Waals surface area contributed by atoms with Gasteiger partial charge in [-0.15, -0.1) is 0 Å². The van der Waals surface area contributed by atoms with Crippen LogP contribution in [-0.4, -0.2) is 55.5 Å². The van der Waals surface area contributed by atoms with E-state index in [0.29, 0.717) is 13.0 Å². The highest BCUT2D eigenvalue weighted by molar-refractivity contribution is 5.67. The van der Waals surface area contributed by atoms with Crippen LogP contribution in [0.2, 0.25) is 0 Å². The first kappa shape index (κ1) is 12.3. The minimum Gasteiger partial charge on any atom is -0.446 e. The van der Waals surface area contributed by atoms with Crippen LogP contribution in [0.3, 0.4) is 0 Å². The molecule has 5 heteroatoms. The van der Waals surface area contributed by atoms with Gasteiger partial charge in [0.2, 0.25) is 0 Å². The summed E-state index contributed by atoms with van der Waals surface area (Å²) in [4.78, 5) is 13.5. The van der Waals surface area contributed by atoms with Crippen molar-refractivity contribution in [1.29, 1.82) is 0 Å². The average molecular weight is 216 g/mol. The molecule has 88 valence electrons. The van der Waals surface area contributed by atoms with Gasteiger partial charge in [0.1, 0.15) is 6.10 Å². The fourth-order valence-electron chi connectivity index (χ4n) is 1.57. The van der Waals surface area contributed by atoms with Gasteiger partial charge in [0, 0.05) is 26.2 Å². The lowest BCUT2D eigenvalue weighted by Crippen LogP contribution is -2.37. The third-order valence-corrected chi connectivity index (χ3v) is 2.54. The van der Waals surface area contributed by atoms with E-state index in [0.717, 1.165) is 25.9 Å². The van der Waals surface area contributed by atoms with Gasteiger partial charge in [-0.1, -0.05) is 0 Å². The van der Waals surface area contributed by atoms with Crippen molar-refractivity contribution in [2.24, 2.45) is 0 Å². The van der Waals surface area contributed by atoms with Crippen molar-refractivity contribution in [2.75, 3.05) is 33.3 Å². The highest BCUT2D eigenvalue weighted by atomic mass is 16.6. The van der Waals surface area contributed by atoms with Crippen LogP contribution in [0.1, 0.15) is 19.3 Å². The number of carbonyl (C=O) groups is 1. The van der Waals surface area contributed by atoms with Gasteiger partial charge in [-0.05, 0) is 26.3 Å². The lowest BCUT2D eigenvalue weighted by Gasteiger charge is -2.28. The second-order valence-electron chi connectivity index (χ2n) is 3.91. The molecule has 0 atom stereocenters. The van der Waals surface area contributed by atoms with Crippen LogP contribution in [-0.2, 0) is 4.74 Å². The number of nitrogens with zero attached hydrogens (tertiary/aromatic N) is 1. The lowest BCUT2D eigenvalue weighted by atomic mass is 10.1. The molecule has 2 N–H and O–H groups in total. The summed E-state index contributed by atoms with van der Waals surface area (Å²) in [5, 5.41) is 11.1. The quantitative estimate of drug-likeness (QED) is 0.659. The van der Waals surface area contributed by atoms with Crippen LogP contribution >= 0.6 is 0 Å². The van der Waals surface area contributed by atoms with Crippen LogP contribution in [0.25, 0.3) is 0 Å². The van der Waals surface area contributed by atoms with Crippen molar-refractivity contribution >= 4 is 6.09 Å². The Kier molecular flexibility index (Phi) is 5.42. The molecular formula is C10H20N2O3. The largest absolute Gasteiger partial charge is 0.446 e. The maximum absolute atomic E-state index is 11.2. The zero-order valence-corrected chi connectivity index (χ0v) is 9.24. The summed E-state index contributed by atoms with van der Waals surface area (Å²) >= 11 is 0. The van der Waals surface area contributed by atoms with Crippen LogP contribution < -0.4 is 5.32 Å². The molecule has 5 nitrogen and oxygen atoms in total. The van der Waals surface area contributed by atoms with E-state index < -0.39 is 0 Å². The average Bonchev–Trinajstić information content (AvgIpc) is 2.22. The molecule has 0 radical (unpaired) electrons. The highest BCUT2D eigenvalue weighted by Gasteiger charge is 2.19. The number of piperidine rings is 1. The number of hydrogen-bond acceptors (Lipinski definition) is 4. The molecule has 1 aliphatic rings. The van der Waals surface area contributed by atoms with Gasteiger partial charge in [-0.25, -0.2) is 4.79 Å². The molecule has 0 spiro atoms. The van der Waals surface area contributed by atoms with Gasteiger partial charge in [-0.3, -0.25) is 0 Å². The van der Waals surface area contributed by atoms with Gasteiger partial charge in [0.15, 0.2) is 0 Å². The second kappa shape index (κ2) is 6.63. The number of likely N-dealkylation sites (tertiary alicyclic amines) is 1. The molecule has 0 aliphatic carbocycles. The molecule has 0 aromatic rings. The number of nitrogens with one attached hydrogen (secondary N) is 1. The van der Waals surface area contributed by atoms with Crippen molar-refractivity contribution < 1.29 is 14.6 Å². The third kappa shape index (κ3) is 4.99. The van der Waals surface area contributed by atoms with Gasteiger partial charge < -0.3 is 20.1 Å². The van der Waals surface area contributed by atoms with E-state index in [4.69, 9.17) is 9.84 Å². The monoisotopic (exact) mass is 216 g/mol. The third-order valence-electron chi connectivity index (χ3n) is 2.54. The van der Waals surface area contributed by atoms with Gasteiger partial charge >= 0.3 is 6.09 Å². The van der Waals surface area contributed by atoms with E-state index in [-0.39, 0.29) is 18.8 Å². The van der Waals surface area contributed by atoms with Crippen molar-refractivity contribution in [2.45, 2.75) is 25.4 Å². The normalized spacial score (nSPS) is 18.8. The van der Waals surface area contributed by atoms with E-state index >= 15 is 0 Å². The summed E-state index contributed by atoms with van der Waals surface area (Å²) in [6.07, 6.45) is 2.07. The minimum atomic E-state index is -0.363. The molecular weight excluding hydrogens is 196 g/mol. The van der Waals surface area contributed by atoms with Crippen LogP contribution in [0.4, 0.5) is 4.79 Å². The summed E-state index contributed by atoms with van der Waals surface area (Å²) in [5.41, 5.74) is 0. The number of aliphatic hydroxyl groups excluding tert-OH is 1. The fourth-order valence-corrected chi connectivity index (χ4v) is 1.57. The van der Waals surface area contributed by atoms with Crippen LogP contribution in [0.15, 0.2) is 0 Å².